The number of H-pyrrole nitrogens is 1. The second-order valence-electron chi connectivity index (χ2n) is 8.32. The second kappa shape index (κ2) is 8.56. The maximum absolute atomic E-state index is 12.9. The van der Waals surface area contributed by atoms with E-state index in [0.717, 1.165) is 12.8 Å². The smallest absolute Gasteiger partial charge is 0.340 e. The normalized spacial score (nSPS) is 16.8. The first-order valence-electron chi connectivity index (χ1n) is 9.87. The van der Waals surface area contributed by atoms with E-state index in [-0.39, 0.29) is 11.9 Å². The monoisotopic (exact) mass is 413 g/mol. The highest BCUT2D eigenvalue weighted by atomic mass is 16.6. The molecule has 3 rings (SSSR count). The van der Waals surface area contributed by atoms with Crippen LogP contribution >= 0.6 is 0 Å². The van der Waals surface area contributed by atoms with Crippen LogP contribution in [0, 0.1) is 0 Å². The fourth-order valence-corrected chi connectivity index (χ4v) is 3.50. The number of amides is 3. The van der Waals surface area contributed by atoms with E-state index in [1.54, 1.807) is 49.9 Å². The van der Waals surface area contributed by atoms with Gasteiger partial charge in [0.1, 0.15) is 5.60 Å². The largest absolute Gasteiger partial charge is 0.456 e. The van der Waals surface area contributed by atoms with E-state index < -0.39 is 17.5 Å². The molecule has 1 aliphatic heterocycles. The van der Waals surface area contributed by atoms with Gasteiger partial charge in [-0.1, -0.05) is 12.1 Å². The molecule has 1 aromatic carbocycles. The van der Waals surface area contributed by atoms with Gasteiger partial charge in [-0.2, -0.15) is 5.10 Å². The second-order valence-corrected chi connectivity index (χ2v) is 8.32. The highest BCUT2D eigenvalue weighted by Gasteiger charge is 2.29. The van der Waals surface area contributed by atoms with E-state index >= 15 is 0 Å². The number of hydrogen-bond donors (Lipinski definition) is 3. The fourth-order valence-electron chi connectivity index (χ4n) is 3.50. The molecule has 1 fully saturated rings. The number of rotatable bonds is 4. The zero-order valence-corrected chi connectivity index (χ0v) is 17.4. The van der Waals surface area contributed by atoms with Crippen molar-refractivity contribution in [1.29, 1.82) is 0 Å². The Morgan fingerprint density at radius 2 is 1.97 bits per heavy atom. The number of esters is 1. The van der Waals surface area contributed by atoms with Gasteiger partial charge in [0.05, 0.1) is 28.7 Å². The van der Waals surface area contributed by atoms with Crippen molar-refractivity contribution in [3.8, 4) is 0 Å². The molecule has 0 saturated carbocycles. The summed E-state index contributed by atoms with van der Waals surface area (Å²) in [5, 5.41) is 9.58. The number of hydrogen-bond acceptors (Lipinski definition) is 5. The SMILES string of the molecule is CC(C)(C)OC(=O)c1ccccc1NC(=O)N1CCC[C@@H](c2[nH]ncc2C(N)=O)C1. The predicted octanol–water partition coefficient (Wildman–Crippen LogP) is 2.88. The van der Waals surface area contributed by atoms with Crippen LogP contribution in [0.4, 0.5) is 10.5 Å². The van der Waals surface area contributed by atoms with E-state index in [1.807, 2.05) is 0 Å². The number of ether oxygens (including phenoxy) is 1. The molecule has 1 aliphatic rings. The van der Waals surface area contributed by atoms with E-state index in [9.17, 15) is 14.4 Å². The summed E-state index contributed by atoms with van der Waals surface area (Å²) in [6, 6.07) is 6.42. The number of nitrogens with one attached hydrogen (secondary N) is 2. The number of likely N-dealkylation sites (tertiary alicyclic amines) is 1. The van der Waals surface area contributed by atoms with Crippen molar-refractivity contribution in [1.82, 2.24) is 15.1 Å². The highest BCUT2D eigenvalue weighted by molar-refractivity contribution is 6.01. The van der Waals surface area contributed by atoms with Gasteiger partial charge in [0.25, 0.3) is 5.91 Å². The van der Waals surface area contributed by atoms with Gasteiger partial charge in [-0.25, -0.2) is 9.59 Å². The van der Waals surface area contributed by atoms with Gasteiger partial charge in [-0.15, -0.1) is 0 Å². The minimum absolute atomic E-state index is 0.0735. The quantitative estimate of drug-likeness (QED) is 0.664. The number of aromatic nitrogens is 2. The van der Waals surface area contributed by atoms with Gasteiger partial charge in [-0.3, -0.25) is 9.89 Å². The topological polar surface area (TPSA) is 130 Å². The van der Waals surface area contributed by atoms with E-state index in [4.69, 9.17) is 10.5 Å². The summed E-state index contributed by atoms with van der Waals surface area (Å²) < 4.78 is 5.43. The Balaban J connectivity index is 1.73. The lowest BCUT2D eigenvalue weighted by atomic mass is 9.92. The summed E-state index contributed by atoms with van der Waals surface area (Å²) in [5.41, 5.74) is 6.44. The Labute approximate surface area is 175 Å². The molecule has 0 spiro atoms. The molecule has 0 aliphatic carbocycles. The van der Waals surface area contributed by atoms with E-state index in [2.05, 4.69) is 15.5 Å². The molecular weight excluding hydrogens is 386 g/mol. The Kier molecular flexibility index (Phi) is 6.09. The molecule has 1 atom stereocenters. The lowest BCUT2D eigenvalue weighted by molar-refractivity contribution is 0.00706. The van der Waals surface area contributed by atoms with Crippen LogP contribution in [0.3, 0.4) is 0 Å². The molecular formula is C21H27N5O4. The maximum Gasteiger partial charge on any atom is 0.340 e. The van der Waals surface area contributed by atoms with Crippen molar-refractivity contribution in [2.45, 2.75) is 45.1 Å². The summed E-state index contributed by atoms with van der Waals surface area (Å²) in [7, 11) is 0. The molecule has 0 bridgehead atoms. The molecule has 1 saturated heterocycles. The molecule has 9 heteroatoms. The van der Waals surface area contributed by atoms with Gasteiger partial charge < -0.3 is 20.7 Å². The van der Waals surface area contributed by atoms with Crippen molar-refractivity contribution in [3.63, 3.8) is 0 Å². The number of carbonyl (C=O) groups excluding carboxylic acids is 3. The number of para-hydroxylation sites is 1. The van der Waals surface area contributed by atoms with E-state index in [1.165, 1.54) is 6.20 Å². The number of carbonyl (C=O) groups is 3. The number of nitrogens with zero attached hydrogens (tertiary/aromatic N) is 2. The Morgan fingerprint density at radius 3 is 2.67 bits per heavy atom. The summed E-state index contributed by atoms with van der Waals surface area (Å²) in [4.78, 5) is 38.7. The first-order valence-corrected chi connectivity index (χ1v) is 9.87. The minimum atomic E-state index is -0.642. The number of aromatic amines is 1. The average Bonchev–Trinajstić information content (AvgIpc) is 3.17. The minimum Gasteiger partial charge on any atom is -0.456 e. The third kappa shape index (κ3) is 4.97. The summed E-state index contributed by atoms with van der Waals surface area (Å²) in [6.07, 6.45) is 2.98. The number of piperidine rings is 1. The van der Waals surface area contributed by atoms with Gasteiger partial charge in [0.2, 0.25) is 0 Å². The number of anilines is 1. The molecule has 2 aromatic rings. The van der Waals surface area contributed by atoms with Crippen LogP contribution in [-0.2, 0) is 4.74 Å². The molecule has 1 aromatic heterocycles. The van der Waals surface area contributed by atoms with Crippen LogP contribution in [0.15, 0.2) is 30.5 Å². The van der Waals surface area contributed by atoms with Crippen molar-refractivity contribution in [2.75, 3.05) is 18.4 Å². The van der Waals surface area contributed by atoms with Crippen LogP contribution in [0.1, 0.15) is 65.9 Å². The average molecular weight is 413 g/mol. The molecule has 30 heavy (non-hydrogen) atoms. The molecule has 160 valence electrons. The predicted molar refractivity (Wildman–Crippen MR) is 111 cm³/mol. The molecule has 0 radical (unpaired) electrons. The first kappa shape index (κ1) is 21.4. The molecule has 2 heterocycles. The third-order valence-electron chi connectivity index (χ3n) is 4.84. The number of urea groups is 1. The summed E-state index contributed by atoms with van der Waals surface area (Å²) in [6.45, 7) is 6.33. The standard InChI is InChI=1S/C21H27N5O4/c1-21(2,3)30-19(28)14-8-4-5-9-16(14)24-20(29)26-10-6-7-13(12-26)17-15(18(22)27)11-23-25-17/h4-5,8-9,11,13H,6-7,10,12H2,1-3H3,(H2,22,27)(H,23,25)(H,24,29)/t13-/m1/s1. The Bertz CT molecular complexity index is 947. The number of benzene rings is 1. The number of primary amides is 1. The van der Waals surface area contributed by atoms with Crippen LogP contribution in [0.25, 0.3) is 0 Å². The zero-order chi connectivity index (χ0) is 21.9. The molecule has 3 amide bonds. The van der Waals surface area contributed by atoms with Crippen LogP contribution < -0.4 is 11.1 Å². The van der Waals surface area contributed by atoms with Crippen LogP contribution in [0.2, 0.25) is 0 Å². The zero-order valence-electron chi connectivity index (χ0n) is 17.4. The lowest BCUT2D eigenvalue weighted by Gasteiger charge is -2.32. The molecule has 0 unspecified atom stereocenters. The Hall–Kier alpha value is -3.36. The molecule has 9 nitrogen and oxygen atoms in total. The van der Waals surface area contributed by atoms with Gasteiger partial charge in [0.15, 0.2) is 0 Å². The van der Waals surface area contributed by atoms with Gasteiger partial charge in [-0.05, 0) is 45.7 Å². The fraction of sp³-hybridized carbons (Fsp3) is 0.429. The van der Waals surface area contributed by atoms with Crippen LogP contribution in [-0.4, -0.2) is 51.7 Å². The maximum atomic E-state index is 12.9. The van der Waals surface area contributed by atoms with Gasteiger partial charge >= 0.3 is 12.0 Å². The number of nitrogens with two attached hydrogens (primary N) is 1. The third-order valence-corrected chi connectivity index (χ3v) is 4.84. The van der Waals surface area contributed by atoms with Crippen molar-refractivity contribution in [2.24, 2.45) is 5.73 Å². The summed E-state index contributed by atoms with van der Waals surface area (Å²) >= 11 is 0. The van der Waals surface area contributed by atoms with E-state index in [0.29, 0.717) is 35.6 Å². The molecule has 4 N–H and O–H groups in total. The van der Waals surface area contributed by atoms with Crippen molar-refractivity contribution >= 4 is 23.6 Å². The Morgan fingerprint density at radius 1 is 1.23 bits per heavy atom. The first-order chi connectivity index (χ1) is 14.2. The van der Waals surface area contributed by atoms with Crippen molar-refractivity contribution in [3.05, 3.63) is 47.3 Å². The van der Waals surface area contributed by atoms with Crippen molar-refractivity contribution < 1.29 is 19.1 Å². The highest BCUT2D eigenvalue weighted by Crippen LogP contribution is 2.28. The lowest BCUT2D eigenvalue weighted by Crippen LogP contribution is -2.42. The van der Waals surface area contributed by atoms with Gasteiger partial charge in [0, 0.05) is 19.0 Å². The summed E-state index contributed by atoms with van der Waals surface area (Å²) in [5.74, 6) is -1.12. The van der Waals surface area contributed by atoms with Crippen LogP contribution in [0.5, 0.6) is 0 Å².